The van der Waals surface area contributed by atoms with E-state index in [1.54, 1.807) is 21.2 Å². The summed E-state index contributed by atoms with van der Waals surface area (Å²) in [6.45, 7) is 4.24. The highest BCUT2D eigenvalue weighted by Crippen LogP contribution is 2.45. The molecule has 1 aromatic heterocycles. The topological polar surface area (TPSA) is 68.0 Å². The lowest BCUT2D eigenvalue weighted by molar-refractivity contribution is 0.0533. The lowest BCUT2D eigenvalue weighted by Crippen LogP contribution is -2.40. The first-order valence-electron chi connectivity index (χ1n) is 6.50. The van der Waals surface area contributed by atoms with Crippen molar-refractivity contribution >= 4 is 27.9 Å². The van der Waals surface area contributed by atoms with Crippen LogP contribution in [0.4, 0.5) is 10.7 Å². The van der Waals surface area contributed by atoms with Gasteiger partial charge in [0.2, 0.25) is 0 Å². The minimum atomic E-state index is -0.0987. The molecule has 1 atom stereocenters. The number of carbonyl (C=O) groups excluding carboxylic acids is 1. The van der Waals surface area contributed by atoms with Gasteiger partial charge in [0.25, 0.3) is 5.91 Å². The van der Waals surface area contributed by atoms with E-state index in [2.05, 4.69) is 4.90 Å². The standard InChI is InChI=1S/C13H21N3O3S/c1-8-7-16(5-6-19-8)13-10(18-4)9(14)11(20-13)12(17)15(2)3/h8H,5-7,14H2,1-4H3. The first kappa shape index (κ1) is 14.9. The number of hydrogen-bond donors (Lipinski definition) is 1. The predicted molar refractivity (Wildman–Crippen MR) is 80.9 cm³/mol. The fourth-order valence-electron chi connectivity index (χ4n) is 2.19. The molecule has 2 rings (SSSR count). The largest absolute Gasteiger partial charge is 0.492 e. The van der Waals surface area contributed by atoms with E-state index in [1.807, 2.05) is 6.92 Å². The second kappa shape index (κ2) is 5.88. The number of nitrogens with two attached hydrogens (primary N) is 1. The molecule has 1 saturated heterocycles. The number of morpholine rings is 1. The Morgan fingerprint density at radius 2 is 2.25 bits per heavy atom. The molecule has 1 fully saturated rings. The maximum atomic E-state index is 12.2. The van der Waals surface area contributed by atoms with Gasteiger partial charge in [-0.15, -0.1) is 11.3 Å². The van der Waals surface area contributed by atoms with Crippen LogP contribution in [-0.4, -0.2) is 57.8 Å². The van der Waals surface area contributed by atoms with Gasteiger partial charge < -0.3 is 25.0 Å². The predicted octanol–water partition coefficient (Wildman–Crippen LogP) is 1.27. The van der Waals surface area contributed by atoms with Gasteiger partial charge in [-0.2, -0.15) is 0 Å². The minimum Gasteiger partial charge on any atom is -0.492 e. The van der Waals surface area contributed by atoms with Crippen LogP contribution in [0.3, 0.4) is 0 Å². The Morgan fingerprint density at radius 3 is 2.80 bits per heavy atom. The van der Waals surface area contributed by atoms with Gasteiger partial charge >= 0.3 is 0 Å². The molecule has 0 spiro atoms. The monoisotopic (exact) mass is 299 g/mol. The van der Waals surface area contributed by atoms with Crippen LogP contribution in [0.2, 0.25) is 0 Å². The second-order valence-electron chi connectivity index (χ2n) is 5.01. The Kier molecular flexibility index (Phi) is 4.39. The summed E-state index contributed by atoms with van der Waals surface area (Å²) in [6, 6.07) is 0. The fourth-order valence-corrected chi connectivity index (χ4v) is 3.43. The number of amides is 1. The van der Waals surface area contributed by atoms with E-state index in [-0.39, 0.29) is 12.0 Å². The van der Waals surface area contributed by atoms with Crippen LogP contribution in [0, 0.1) is 0 Å². The average Bonchev–Trinajstić information content (AvgIpc) is 2.74. The first-order chi connectivity index (χ1) is 9.45. The normalized spacial score (nSPS) is 19.0. The summed E-state index contributed by atoms with van der Waals surface area (Å²) in [5.74, 6) is 0.493. The van der Waals surface area contributed by atoms with Crippen molar-refractivity contribution in [3.63, 3.8) is 0 Å². The molecular formula is C13H21N3O3S. The van der Waals surface area contributed by atoms with Crippen molar-refractivity contribution in [3.8, 4) is 5.75 Å². The summed E-state index contributed by atoms with van der Waals surface area (Å²) in [5, 5.41) is 0.908. The van der Waals surface area contributed by atoms with Crippen LogP contribution in [0.1, 0.15) is 16.6 Å². The third-order valence-corrected chi connectivity index (χ3v) is 4.45. The molecular weight excluding hydrogens is 278 g/mol. The summed E-state index contributed by atoms with van der Waals surface area (Å²) < 4.78 is 10.9. The van der Waals surface area contributed by atoms with E-state index >= 15 is 0 Å². The Hall–Kier alpha value is -1.47. The highest BCUT2D eigenvalue weighted by molar-refractivity contribution is 7.19. The number of hydrogen-bond acceptors (Lipinski definition) is 6. The highest BCUT2D eigenvalue weighted by Gasteiger charge is 2.28. The van der Waals surface area contributed by atoms with E-state index in [4.69, 9.17) is 15.2 Å². The van der Waals surface area contributed by atoms with Crippen LogP contribution in [0.25, 0.3) is 0 Å². The van der Waals surface area contributed by atoms with E-state index in [0.29, 0.717) is 22.9 Å². The zero-order chi connectivity index (χ0) is 14.9. The molecule has 1 unspecified atom stereocenters. The number of thiophene rings is 1. The van der Waals surface area contributed by atoms with Crippen molar-refractivity contribution < 1.29 is 14.3 Å². The molecule has 0 bridgehead atoms. The smallest absolute Gasteiger partial charge is 0.265 e. The lowest BCUT2D eigenvalue weighted by atomic mass is 10.3. The summed E-state index contributed by atoms with van der Waals surface area (Å²) >= 11 is 1.38. The van der Waals surface area contributed by atoms with E-state index in [0.717, 1.165) is 18.1 Å². The van der Waals surface area contributed by atoms with Crippen LogP contribution >= 0.6 is 11.3 Å². The van der Waals surface area contributed by atoms with E-state index in [1.165, 1.54) is 16.2 Å². The number of methoxy groups -OCH3 is 1. The average molecular weight is 299 g/mol. The van der Waals surface area contributed by atoms with Crippen molar-refractivity contribution in [2.75, 3.05) is 51.5 Å². The number of carbonyl (C=O) groups is 1. The highest BCUT2D eigenvalue weighted by atomic mass is 32.1. The molecule has 0 radical (unpaired) electrons. The van der Waals surface area contributed by atoms with Crippen molar-refractivity contribution in [1.29, 1.82) is 0 Å². The van der Waals surface area contributed by atoms with Crippen molar-refractivity contribution in [2.24, 2.45) is 0 Å². The molecule has 0 aromatic carbocycles. The lowest BCUT2D eigenvalue weighted by Gasteiger charge is -2.32. The number of rotatable bonds is 3. The molecule has 20 heavy (non-hydrogen) atoms. The molecule has 1 amide bonds. The van der Waals surface area contributed by atoms with E-state index in [9.17, 15) is 4.79 Å². The zero-order valence-corrected chi connectivity index (χ0v) is 13.1. The summed E-state index contributed by atoms with van der Waals surface area (Å²) in [6.07, 6.45) is 0.157. The molecule has 0 aliphatic carbocycles. The molecule has 7 heteroatoms. The fraction of sp³-hybridized carbons (Fsp3) is 0.615. The maximum Gasteiger partial charge on any atom is 0.265 e. The summed E-state index contributed by atoms with van der Waals surface area (Å²) in [7, 11) is 5.00. The first-order valence-corrected chi connectivity index (χ1v) is 7.31. The van der Waals surface area contributed by atoms with E-state index < -0.39 is 0 Å². The number of anilines is 2. The molecule has 1 aliphatic heterocycles. The number of nitrogen functional groups attached to an aromatic ring is 1. The van der Waals surface area contributed by atoms with Gasteiger partial charge in [0.15, 0.2) is 5.75 Å². The van der Waals surface area contributed by atoms with Crippen molar-refractivity contribution in [1.82, 2.24) is 4.90 Å². The van der Waals surface area contributed by atoms with Crippen molar-refractivity contribution in [3.05, 3.63) is 4.88 Å². The van der Waals surface area contributed by atoms with Gasteiger partial charge in [-0.1, -0.05) is 0 Å². The third kappa shape index (κ3) is 2.69. The van der Waals surface area contributed by atoms with Gasteiger partial charge in [-0.25, -0.2) is 0 Å². The molecule has 1 aromatic rings. The van der Waals surface area contributed by atoms with Crippen LogP contribution in [0.5, 0.6) is 5.75 Å². The van der Waals surface area contributed by atoms with Gasteiger partial charge in [0, 0.05) is 27.2 Å². The summed E-state index contributed by atoms with van der Waals surface area (Å²) in [5.41, 5.74) is 6.50. The molecule has 0 saturated carbocycles. The van der Waals surface area contributed by atoms with Crippen LogP contribution < -0.4 is 15.4 Å². The molecule has 1 aliphatic rings. The zero-order valence-electron chi connectivity index (χ0n) is 12.3. The van der Waals surface area contributed by atoms with Crippen molar-refractivity contribution in [2.45, 2.75) is 13.0 Å². The van der Waals surface area contributed by atoms with Crippen LogP contribution in [0.15, 0.2) is 0 Å². The third-order valence-electron chi connectivity index (χ3n) is 3.22. The van der Waals surface area contributed by atoms with Gasteiger partial charge in [0.1, 0.15) is 15.6 Å². The van der Waals surface area contributed by atoms with Gasteiger partial charge in [0.05, 0.1) is 19.8 Å². The second-order valence-corrected chi connectivity index (χ2v) is 6.01. The molecule has 2 heterocycles. The molecule has 112 valence electrons. The SMILES string of the molecule is COc1c(N2CCOC(C)C2)sc(C(=O)N(C)C)c1N. The Labute approximate surface area is 123 Å². The minimum absolute atomic E-state index is 0.0987. The molecule has 6 nitrogen and oxygen atoms in total. The quantitative estimate of drug-likeness (QED) is 0.910. The Balaban J connectivity index is 2.37. The Morgan fingerprint density at radius 1 is 1.55 bits per heavy atom. The number of ether oxygens (including phenoxy) is 2. The molecule has 2 N–H and O–H groups in total. The summed E-state index contributed by atoms with van der Waals surface area (Å²) in [4.78, 5) is 16.4. The van der Waals surface area contributed by atoms with Gasteiger partial charge in [-0.3, -0.25) is 4.79 Å². The Bertz CT molecular complexity index is 501. The van der Waals surface area contributed by atoms with Gasteiger partial charge in [-0.05, 0) is 6.92 Å². The maximum absolute atomic E-state index is 12.2. The van der Waals surface area contributed by atoms with Crippen LogP contribution in [-0.2, 0) is 4.74 Å². The number of nitrogens with zero attached hydrogens (tertiary/aromatic N) is 2.